The highest BCUT2D eigenvalue weighted by molar-refractivity contribution is 5.96. The fourth-order valence-electron chi connectivity index (χ4n) is 2.68. The van der Waals surface area contributed by atoms with Crippen molar-refractivity contribution in [1.29, 1.82) is 0 Å². The Kier molecular flexibility index (Phi) is 3.03. The van der Waals surface area contributed by atoms with E-state index in [1.54, 1.807) is 6.07 Å². The van der Waals surface area contributed by atoms with Crippen LogP contribution in [0.2, 0.25) is 0 Å². The Bertz CT molecular complexity index is 618. The minimum Gasteiger partial charge on any atom is -0.451 e. The van der Waals surface area contributed by atoms with Gasteiger partial charge in [0.2, 0.25) is 0 Å². The lowest BCUT2D eigenvalue weighted by Gasteiger charge is -2.15. The lowest BCUT2D eigenvalue weighted by molar-refractivity contribution is 0.0908. The van der Waals surface area contributed by atoms with Gasteiger partial charge in [0, 0.05) is 17.5 Å². The van der Waals surface area contributed by atoms with Gasteiger partial charge in [-0.3, -0.25) is 4.79 Å². The first kappa shape index (κ1) is 12.2. The van der Waals surface area contributed by atoms with Crippen molar-refractivity contribution in [2.75, 3.05) is 0 Å². The maximum absolute atomic E-state index is 12.1. The Morgan fingerprint density at radius 3 is 2.95 bits per heavy atom. The summed E-state index contributed by atoms with van der Waals surface area (Å²) in [6.45, 7) is 2.02. The first-order valence-electron chi connectivity index (χ1n) is 6.70. The molecule has 1 heterocycles. The molecule has 3 rings (SSSR count). The van der Waals surface area contributed by atoms with Crippen LogP contribution in [0, 0.1) is 6.92 Å². The van der Waals surface area contributed by atoms with E-state index in [0.29, 0.717) is 5.76 Å². The van der Waals surface area contributed by atoms with Crippen LogP contribution in [0.5, 0.6) is 0 Å². The van der Waals surface area contributed by atoms with Crippen LogP contribution in [0.25, 0.3) is 11.0 Å². The highest BCUT2D eigenvalue weighted by Gasteiger charge is 2.26. The van der Waals surface area contributed by atoms with Gasteiger partial charge in [0.25, 0.3) is 5.91 Å². The van der Waals surface area contributed by atoms with Crippen molar-refractivity contribution in [2.45, 2.75) is 38.3 Å². The molecule has 0 saturated heterocycles. The summed E-state index contributed by atoms with van der Waals surface area (Å²) in [6, 6.07) is 7.80. The Labute approximate surface area is 112 Å². The summed E-state index contributed by atoms with van der Waals surface area (Å²) in [5.41, 5.74) is 7.85. The van der Waals surface area contributed by atoms with Gasteiger partial charge >= 0.3 is 0 Å². The van der Waals surface area contributed by atoms with E-state index in [1.807, 2.05) is 25.1 Å². The number of rotatable bonds is 2. The van der Waals surface area contributed by atoms with Gasteiger partial charge in [0.1, 0.15) is 5.58 Å². The second-order valence-electron chi connectivity index (χ2n) is 5.33. The number of fused-ring (bicyclic) bond motifs is 1. The third-order valence-electron chi connectivity index (χ3n) is 3.78. The molecule has 4 nitrogen and oxygen atoms in total. The van der Waals surface area contributed by atoms with E-state index < -0.39 is 0 Å². The van der Waals surface area contributed by atoms with Gasteiger partial charge in [-0.15, -0.1) is 0 Å². The van der Waals surface area contributed by atoms with E-state index in [-0.39, 0.29) is 18.0 Å². The smallest absolute Gasteiger partial charge is 0.287 e. The predicted octanol–water partition coefficient (Wildman–Crippen LogP) is 2.35. The summed E-state index contributed by atoms with van der Waals surface area (Å²) in [4.78, 5) is 12.1. The maximum Gasteiger partial charge on any atom is 0.287 e. The Hall–Kier alpha value is -1.81. The van der Waals surface area contributed by atoms with E-state index in [4.69, 9.17) is 10.2 Å². The molecule has 0 bridgehead atoms. The average Bonchev–Trinajstić information content (AvgIpc) is 2.96. The van der Waals surface area contributed by atoms with Crippen LogP contribution >= 0.6 is 0 Å². The summed E-state index contributed by atoms with van der Waals surface area (Å²) in [7, 11) is 0. The van der Waals surface area contributed by atoms with Gasteiger partial charge < -0.3 is 15.5 Å². The molecule has 1 aliphatic carbocycles. The summed E-state index contributed by atoms with van der Waals surface area (Å²) in [5, 5.41) is 3.92. The summed E-state index contributed by atoms with van der Waals surface area (Å²) in [5.74, 6) is 0.191. The first-order valence-corrected chi connectivity index (χ1v) is 6.70. The lowest BCUT2D eigenvalue weighted by atomic mass is 10.1. The van der Waals surface area contributed by atoms with Crippen molar-refractivity contribution >= 4 is 16.9 Å². The van der Waals surface area contributed by atoms with Gasteiger partial charge in [-0.2, -0.15) is 0 Å². The molecule has 2 unspecified atom stereocenters. The topological polar surface area (TPSA) is 68.3 Å². The van der Waals surface area contributed by atoms with E-state index >= 15 is 0 Å². The van der Waals surface area contributed by atoms with E-state index in [9.17, 15) is 4.79 Å². The molecule has 2 atom stereocenters. The normalized spacial score (nSPS) is 22.8. The minimum atomic E-state index is -0.170. The molecule has 2 aromatic rings. The number of carbonyl (C=O) groups is 1. The molecule has 4 heteroatoms. The molecule has 1 saturated carbocycles. The number of aryl methyl sites for hydroxylation is 1. The third-order valence-corrected chi connectivity index (χ3v) is 3.78. The molecular weight excluding hydrogens is 240 g/mol. The Balaban J connectivity index is 1.81. The summed E-state index contributed by atoms with van der Waals surface area (Å²) >= 11 is 0. The maximum atomic E-state index is 12.1. The van der Waals surface area contributed by atoms with Crippen LogP contribution < -0.4 is 11.1 Å². The predicted molar refractivity (Wildman–Crippen MR) is 74.0 cm³/mol. The Morgan fingerprint density at radius 2 is 2.21 bits per heavy atom. The fraction of sp³-hybridized carbons (Fsp3) is 0.400. The number of amides is 1. The monoisotopic (exact) mass is 258 g/mol. The van der Waals surface area contributed by atoms with Crippen LogP contribution in [0.4, 0.5) is 0 Å². The lowest BCUT2D eigenvalue weighted by Crippen LogP contribution is -2.43. The van der Waals surface area contributed by atoms with Crippen molar-refractivity contribution in [3.8, 4) is 0 Å². The molecule has 100 valence electrons. The van der Waals surface area contributed by atoms with Gasteiger partial charge in [-0.1, -0.05) is 11.6 Å². The zero-order valence-electron chi connectivity index (χ0n) is 11.0. The molecular formula is C15H18N2O2. The van der Waals surface area contributed by atoms with Crippen LogP contribution in [0.15, 0.2) is 28.7 Å². The van der Waals surface area contributed by atoms with E-state index in [1.165, 1.54) is 0 Å². The largest absolute Gasteiger partial charge is 0.451 e. The summed E-state index contributed by atoms with van der Waals surface area (Å²) < 4.78 is 5.58. The van der Waals surface area contributed by atoms with Crippen molar-refractivity contribution in [2.24, 2.45) is 5.73 Å². The number of furan rings is 1. The number of carbonyl (C=O) groups excluding carboxylic acids is 1. The second kappa shape index (κ2) is 4.70. The minimum absolute atomic E-state index is 0.0653. The van der Waals surface area contributed by atoms with Crippen molar-refractivity contribution in [1.82, 2.24) is 5.32 Å². The average molecular weight is 258 g/mol. The molecule has 3 N–H and O–H groups in total. The number of nitrogens with one attached hydrogen (secondary N) is 1. The molecule has 1 aliphatic rings. The van der Waals surface area contributed by atoms with Gasteiger partial charge in [0.15, 0.2) is 5.76 Å². The summed E-state index contributed by atoms with van der Waals surface area (Å²) in [6.07, 6.45) is 3.00. The molecule has 0 aliphatic heterocycles. The quantitative estimate of drug-likeness (QED) is 0.868. The molecule has 0 radical (unpaired) electrons. The van der Waals surface area contributed by atoms with Crippen LogP contribution in [0.3, 0.4) is 0 Å². The second-order valence-corrected chi connectivity index (χ2v) is 5.33. The van der Waals surface area contributed by atoms with Gasteiger partial charge in [0.05, 0.1) is 0 Å². The zero-order chi connectivity index (χ0) is 13.4. The molecule has 1 fully saturated rings. The fourth-order valence-corrected chi connectivity index (χ4v) is 2.68. The van der Waals surface area contributed by atoms with Crippen molar-refractivity contribution in [3.05, 3.63) is 35.6 Å². The standard InChI is InChI=1S/C15H18N2O2/c1-9-5-6-13-10(7-9)8-14(19-13)15(18)17-12-4-2-3-11(12)16/h5-8,11-12H,2-4,16H2,1H3,(H,17,18). The number of hydrogen-bond donors (Lipinski definition) is 2. The zero-order valence-corrected chi connectivity index (χ0v) is 11.0. The van der Waals surface area contributed by atoms with Gasteiger partial charge in [-0.05, 0) is 44.4 Å². The van der Waals surface area contributed by atoms with Crippen molar-refractivity contribution in [3.63, 3.8) is 0 Å². The van der Waals surface area contributed by atoms with Crippen LogP contribution in [0.1, 0.15) is 35.4 Å². The SMILES string of the molecule is Cc1ccc2oc(C(=O)NC3CCCC3N)cc2c1. The van der Waals surface area contributed by atoms with Crippen LogP contribution in [-0.4, -0.2) is 18.0 Å². The molecule has 0 spiro atoms. The molecule has 1 aromatic heterocycles. The molecule has 19 heavy (non-hydrogen) atoms. The van der Waals surface area contributed by atoms with E-state index in [2.05, 4.69) is 5.32 Å². The highest BCUT2D eigenvalue weighted by atomic mass is 16.3. The first-order chi connectivity index (χ1) is 9.13. The number of benzene rings is 1. The number of hydrogen-bond acceptors (Lipinski definition) is 3. The number of nitrogens with two attached hydrogens (primary N) is 1. The van der Waals surface area contributed by atoms with E-state index in [0.717, 1.165) is 35.8 Å². The molecule has 1 amide bonds. The third kappa shape index (κ3) is 2.36. The highest BCUT2D eigenvalue weighted by Crippen LogP contribution is 2.22. The van der Waals surface area contributed by atoms with Crippen LogP contribution in [-0.2, 0) is 0 Å². The molecule has 1 aromatic carbocycles. The van der Waals surface area contributed by atoms with Crippen molar-refractivity contribution < 1.29 is 9.21 Å². The Morgan fingerprint density at radius 1 is 1.37 bits per heavy atom. The van der Waals surface area contributed by atoms with Gasteiger partial charge in [-0.25, -0.2) is 0 Å².